The van der Waals surface area contributed by atoms with E-state index in [1.807, 2.05) is 24.3 Å². The van der Waals surface area contributed by atoms with Gasteiger partial charge < -0.3 is 10.1 Å². The van der Waals surface area contributed by atoms with Gasteiger partial charge in [-0.05, 0) is 19.4 Å². The maximum absolute atomic E-state index is 12.7. The summed E-state index contributed by atoms with van der Waals surface area (Å²) in [7, 11) is 0. The molecule has 1 aromatic carbocycles. The Morgan fingerprint density at radius 2 is 2.12 bits per heavy atom. The standard InChI is InChI=1S/C19H19N3O3S/c1-3-5-10-22-17-13-14(21-19(22)24)16(18(23)25-4-2)26-15(13)11-8-6-7-9-12(11)20-17/h6-9H,3-5,10H2,1-2H3,(H,21,24). The minimum atomic E-state index is -0.416. The van der Waals surface area contributed by atoms with Crippen molar-refractivity contribution >= 4 is 55.8 Å². The van der Waals surface area contributed by atoms with E-state index in [0.29, 0.717) is 22.9 Å². The predicted molar refractivity (Wildman–Crippen MR) is 104 cm³/mol. The Hall–Kier alpha value is -2.67. The van der Waals surface area contributed by atoms with Crippen molar-refractivity contribution in [2.24, 2.45) is 0 Å². The summed E-state index contributed by atoms with van der Waals surface area (Å²) in [5.74, 6) is 0.207. The lowest BCUT2D eigenvalue weighted by Crippen LogP contribution is -2.39. The molecule has 7 heteroatoms. The van der Waals surface area contributed by atoms with Crippen LogP contribution in [0.4, 0.5) is 16.3 Å². The molecular weight excluding hydrogens is 350 g/mol. The van der Waals surface area contributed by atoms with Gasteiger partial charge >= 0.3 is 12.0 Å². The number of pyridine rings is 1. The number of benzene rings is 1. The molecule has 0 saturated carbocycles. The predicted octanol–water partition coefficient (Wildman–Crippen LogP) is 4.78. The average molecular weight is 369 g/mol. The molecule has 3 heterocycles. The molecule has 0 fully saturated rings. The Labute approximate surface area is 154 Å². The first kappa shape index (κ1) is 16.8. The third-order valence-electron chi connectivity index (χ3n) is 4.44. The number of anilines is 2. The lowest BCUT2D eigenvalue weighted by atomic mass is 10.1. The van der Waals surface area contributed by atoms with E-state index < -0.39 is 5.97 Å². The highest BCUT2D eigenvalue weighted by atomic mass is 32.1. The molecule has 0 unspecified atom stereocenters. The summed E-state index contributed by atoms with van der Waals surface area (Å²) in [5.41, 5.74) is 1.34. The number of unbranched alkanes of at least 4 members (excludes halogenated alkanes) is 1. The Morgan fingerprint density at radius 1 is 1.31 bits per heavy atom. The molecule has 0 radical (unpaired) electrons. The zero-order valence-electron chi connectivity index (χ0n) is 14.7. The van der Waals surface area contributed by atoms with Crippen LogP contribution in [-0.2, 0) is 4.74 Å². The van der Waals surface area contributed by atoms with E-state index in [1.54, 1.807) is 11.8 Å². The minimum Gasteiger partial charge on any atom is -0.462 e. The second kappa shape index (κ2) is 6.57. The SMILES string of the molecule is CCCCN1C(=O)Nc2c(C(=O)OCC)sc3c2c1nc1ccccc13. The lowest BCUT2D eigenvalue weighted by Gasteiger charge is -2.27. The average Bonchev–Trinajstić information content (AvgIpc) is 3.02. The Bertz CT molecular complexity index is 1030. The van der Waals surface area contributed by atoms with Crippen molar-refractivity contribution in [3.8, 4) is 0 Å². The molecule has 4 rings (SSSR count). The Morgan fingerprint density at radius 3 is 2.88 bits per heavy atom. The molecule has 0 spiro atoms. The molecule has 1 aliphatic rings. The number of nitrogens with zero attached hydrogens (tertiary/aromatic N) is 2. The third kappa shape index (κ3) is 2.50. The van der Waals surface area contributed by atoms with Crippen LogP contribution in [0.15, 0.2) is 24.3 Å². The summed E-state index contributed by atoms with van der Waals surface area (Å²) in [6.07, 6.45) is 1.86. The fourth-order valence-corrected chi connectivity index (χ4v) is 4.40. The molecule has 1 aliphatic heterocycles. The molecule has 2 aromatic heterocycles. The van der Waals surface area contributed by atoms with Gasteiger partial charge in [-0.1, -0.05) is 31.5 Å². The van der Waals surface area contributed by atoms with E-state index in [-0.39, 0.29) is 12.6 Å². The molecule has 134 valence electrons. The van der Waals surface area contributed by atoms with Crippen LogP contribution in [0.3, 0.4) is 0 Å². The topological polar surface area (TPSA) is 71.5 Å². The van der Waals surface area contributed by atoms with E-state index in [9.17, 15) is 9.59 Å². The van der Waals surface area contributed by atoms with Gasteiger partial charge in [0.05, 0.1) is 27.9 Å². The molecule has 0 atom stereocenters. The van der Waals surface area contributed by atoms with Crippen LogP contribution in [0.5, 0.6) is 0 Å². The molecule has 0 bridgehead atoms. The smallest absolute Gasteiger partial charge is 0.350 e. The van der Waals surface area contributed by atoms with Gasteiger partial charge in [-0.25, -0.2) is 14.6 Å². The quantitative estimate of drug-likeness (QED) is 0.657. The Kier molecular flexibility index (Phi) is 4.24. The molecule has 26 heavy (non-hydrogen) atoms. The highest BCUT2D eigenvalue weighted by Gasteiger charge is 2.33. The van der Waals surface area contributed by atoms with Gasteiger partial charge in [0, 0.05) is 11.9 Å². The number of carbonyl (C=O) groups excluding carboxylic acids is 2. The third-order valence-corrected chi connectivity index (χ3v) is 5.64. The van der Waals surface area contributed by atoms with Crippen LogP contribution >= 0.6 is 11.3 Å². The van der Waals surface area contributed by atoms with Crippen LogP contribution in [0.1, 0.15) is 36.4 Å². The minimum absolute atomic E-state index is 0.251. The zero-order valence-corrected chi connectivity index (χ0v) is 15.5. The fourth-order valence-electron chi connectivity index (χ4n) is 3.22. The van der Waals surface area contributed by atoms with Gasteiger partial charge in [-0.3, -0.25) is 4.90 Å². The number of nitrogens with one attached hydrogen (secondary N) is 1. The maximum Gasteiger partial charge on any atom is 0.350 e. The first-order valence-corrected chi connectivity index (χ1v) is 9.58. The van der Waals surface area contributed by atoms with Crippen molar-refractivity contribution in [3.05, 3.63) is 29.1 Å². The second-order valence-corrected chi connectivity index (χ2v) is 7.14. The molecule has 2 amide bonds. The number of rotatable bonds is 5. The number of para-hydroxylation sites is 1. The van der Waals surface area contributed by atoms with Gasteiger partial charge in [-0.2, -0.15) is 0 Å². The van der Waals surface area contributed by atoms with Crippen LogP contribution in [0, 0.1) is 0 Å². The number of fused-ring (bicyclic) bond motifs is 2. The lowest BCUT2D eigenvalue weighted by molar-refractivity contribution is 0.0533. The van der Waals surface area contributed by atoms with Crippen LogP contribution in [0.25, 0.3) is 21.0 Å². The molecule has 1 N–H and O–H groups in total. The number of hydrogen-bond acceptors (Lipinski definition) is 5. The Balaban J connectivity index is 2.02. The largest absolute Gasteiger partial charge is 0.462 e. The van der Waals surface area contributed by atoms with Gasteiger partial charge in [0.15, 0.2) is 0 Å². The van der Waals surface area contributed by atoms with Crippen molar-refractivity contribution in [2.45, 2.75) is 26.7 Å². The number of hydrogen-bond donors (Lipinski definition) is 1. The molecule has 0 saturated heterocycles. The van der Waals surface area contributed by atoms with E-state index in [1.165, 1.54) is 11.3 Å². The molecule has 3 aromatic rings. The van der Waals surface area contributed by atoms with Gasteiger partial charge in [0.2, 0.25) is 0 Å². The summed E-state index contributed by atoms with van der Waals surface area (Å²) in [6.45, 7) is 4.73. The number of urea groups is 1. The second-order valence-electron chi connectivity index (χ2n) is 6.12. The summed E-state index contributed by atoms with van der Waals surface area (Å²) >= 11 is 1.35. The van der Waals surface area contributed by atoms with E-state index >= 15 is 0 Å². The molecule has 6 nitrogen and oxygen atoms in total. The summed E-state index contributed by atoms with van der Waals surface area (Å²) in [6, 6.07) is 7.54. The highest BCUT2D eigenvalue weighted by molar-refractivity contribution is 7.22. The highest BCUT2D eigenvalue weighted by Crippen LogP contribution is 2.46. The number of thiophene rings is 1. The first-order chi connectivity index (χ1) is 12.7. The van der Waals surface area contributed by atoms with Crippen molar-refractivity contribution in [1.82, 2.24) is 4.98 Å². The van der Waals surface area contributed by atoms with Gasteiger partial charge in [-0.15, -0.1) is 11.3 Å². The van der Waals surface area contributed by atoms with Crippen LogP contribution in [0.2, 0.25) is 0 Å². The van der Waals surface area contributed by atoms with E-state index in [0.717, 1.165) is 33.8 Å². The number of amides is 2. The van der Waals surface area contributed by atoms with Crippen molar-refractivity contribution < 1.29 is 14.3 Å². The molecule has 0 aliphatic carbocycles. The van der Waals surface area contributed by atoms with E-state index in [2.05, 4.69) is 12.2 Å². The van der Waals surface area contributed by atoms with Gasteiger partial charge in [0.1, 0.15) is 10.7 Å². The van der Waals surface area contributed by atoms with Crippen molar-refractivity contribution in [1.29, 1.82) is 0 Å². The summed E-state index contributed by atoms with van der Waals surface area (Å²) < 4.78 is 6.14. The zero-order chi connectivity index (χ0) is 18.3. The van der Waals surface area contributed by atoms with E-state index in [4.69, 9.17) is 9.72 Å². The summed E-state index contributed by atoms with van der Waals surface area (Å²) in [5, 5.41) is 4.69. The monoisotopic (exact) mass is 369 g/mol. The summed E-state index contributed by atoms with van der Waals surface area (Å²) in [4.78, 5) is 32.0. The molecular formula is C19H19N3O3S. The van der Waals surface area contributed by atoms with Gasteiger partial charge in [0.25, 0.3) is 0 Å². The van der Waals surface area contributed by atoms with Crippen LogP contribution in [-0.4, -0.2) is 30.1 Å². The number of aromatic nitrogens is 1. The van der Waals surface area contributed by atoms with Crippen molar-refractivity contribution in [3.63, 3.8) is 0 Å². The number of esters is 1. The maximum atomic E-state index is 12.7. The van der Waals surface area contributed by atoms with Crippen molar-refractivity contribution in [2.75, 3.05) is 23.4 Å². The van der Waals surface area contributed by atoms with Crippen LogP contribution < -0.4 is 10.2 Å². The fraction of sp³-hybridized carbons (Fsp3) is 0.316. The normalized spacial score (nSPS) is 13.3. The number of ether oxygens (including phenoxy) is 1. The number of carbonyl (C=O) groups is 2. The first-order valence-electron chi connectivity index (χ1n) is 8.76.